The van der Waals surface area contributed by atoms with Gasteiger partial charge in [0.2, 0.25) is 0 Å². The van der Waals surface area contributed by atoms with E-state index in [-0.39, 0.29) is 18.0 Å². The molecule has 7 heteroatoms. The van der Waals surface area contributed by atoms with Gasteiger partial charge in [0, 0.05) is 12.2 Å². The van der Waals surface area contributed by atoms with Gasteiger partial charge in [0.05, 0.1) is 0 Å². The van der Waals surface area contributed by atoms with E-state index in [0.717, 1.165) is 11.8 Å². The zero-order chi connectivity index (χ0) is 13.1. The zero-order valence-electron chi connectivity index (χ0n) is 9.56. The van der Waals surface area contributed by atoms with E-state index in [9.17, 15) is 14.7 Å². The van der Waals surface area contributed by atoms with Gasteiger partial charge in [-0.2, -0.15) is 0 Å². The van der Waals surface area contributed by atoms with E-state index in [0.29, 0.717) is 12.2 Å². The van der Waals surface area contributed by atoms with Crippen LogP contribution < -0.4 is 5.73 Å². The highest BCUT2D eigenvalue weighted by Gasteiger charge is 2.54. The number of amidine groups is 1. The Hall–Kier alpha value is -1.24. The molecule has 2 unspecified atom stereocenters. The summed E-state index contributed by atoms with van der Waals surface area (Å²) < 4.78 is 5.05. The van der Waals surface area contributed by atoms with Crippen molar-refractivity contribution in [3.63, 3.8) is 0 Å². The summed E-state index contributed by atoms with van der Waals surface area (Å²) in [5.74, 6) is -1.46. The number of thioether (sulfide) groups is 1. The van der Waals surface area contributed by atoms with Gasteiger partial charge in [-0.3, -0.25) is 15.0 Å². The van der Waals surface area contributed by atoms with E-state index in [1.807, 2.05) is 6.92 Å². The van der Waals surface area contributed by atoms with Crippen LogP contribution in [0.2, 0.25) is 0 Å². The van der Waals surface area contributed by atoms with Crippen LogP contribution in [0, 0.1) is 10.8 Å². The molecule has 1 heterocycles. The first-order chi connectivity index (χ1) is 7.92. The van der Waals surface area contributed by atoms with Crippen LogP contribution in [0.3, 0.4) is 0 Å². The van der Waals surface area contributed by atoms with Crippen molar-refractivity contribution in [3.05, 3.63) is 0 Å². The molecule has 96 valence electrons. The summed E-state index contributed by atoms with van der Waals surface area (Å²) in [7, 11) is 0. The molecular weight excluding hydrogens is 244 g/mol. The summed E-state index contributed by atoms with van der Waals surface area (Å²) in [6.45, 7) is 1.83. The number of esters is 1. The number of ether oxygens (including phenoxy) is 1. The molecule has 1 aliphatic heterocycles. The monoisotopic (exact) mass is 260 g/mol. The minimum Gasteiger partial charge on any atom is -0.480 e. The zero-order valence-corrected chi connectivity index (χ0v) is 10.4. The van der Waals surface area contributed by atoms with Gasteiger partial charge >= 0.3 is 11.9 Å². The molecule has 6 nitrogen and oxygen atoms in total. The van der Waals surface area contributed by atoms with Crippen LogP contribution in [0.1, 0.15) is 26.2 Å². The van der Waals surface area contributed by atoms with E-state index in [1.165, 1.54) is 0 Å². The predicted octanol–water partition coefficient (Wildman–Crippen LogP) is 0.800. The lowest BCUT2D eigenvalue weighted by Gasteiger charge is -2.17. The molecule has 0 saturated carbocycles. The minimum absolute atomic E-state index is 0.0654. The van der Waals surface area contributed by atoms with Gasteiger partial charge in [0.15, 0.2) is 10.6 Å². The first-order valence-corrected chi connectivity index (χ1v) is 6.32. The largest absolute Gasteiger partial charge is 0.480 e. The molecular formula is C10H16N2O4S. The first-order valence-electron chi connectivity index (χ1n) is 5.33. The number of cyclic esters (lactones) is 1. The average Bonchev–Trinajstić information content (AvgIpc) is 2.54. The Kier molecular flexibility index (Phi) is 4.39. The van der Waals surface area contributed by atoms with Gasteiger partial charge in [-0.1, -0.05) is 25.1 Å². The maximum absolute atomic E-state index is 11.7. The Balaban J connectivity index is 2.72. The average molecular weight is 260 g/mol. The summed E-state index contributed by atoms with van der Waals surface area (Å²) in [5.41, 5.74) is 3.77. The molecule has 0 spiro atoms. The molecule has 0 aliphatic carbocycles. The molecule has 1 aliphatic rings. The van der Waals surface area contributed by atoms with Crippen molar-refractivity contribution >= 4 is 28.9 Å². The highest BCUT2D eigenvalue weighted by atomic mass is 32.2. The van der Waals surface area contributed by atoms with Crippen molar-refractivity contribution in [2.45, 2.75) is 32.3 Å². The van der Waals surface area contributed by atoms with Crippen LogP contribution in [0.25, 0.3) is 0 Å². The standard InChI is InChI=1S/C10H16N2O4S/c1-2-3-10(7(13)14)4-6(16-8(10)15)5-17-9(11)12/h6H,2-5H2,1H3,(H3,11,12)(H,13,14). The summed E-state index contributed by atoms with van der Waals surface area (Å²) in [6.07, 6.45) is 0.574. The van der Waals surface area contributed by atoms with Crippen LogP contribution in [0.5, 0.6) is 0 Å². The van der Waals surface area contributed by atoms with Crippen molar-refractivity contribution in [1.82, 2.24) is 0 Å². The van der Waals surface area contributed by atoms with Gasteiger partial charge < -0.3 is 15.6 Å². The van der Waals surface area contributed by atoms with E-state index in [2.05, 4.69) is 0 Å². The third-order valence-electron chi connectivity index (χ3n) is 2.75. The lowest BCUT2D eigenvalue weighted by atomic mass is 9.81. The van der Waals surface area contributed by atoms with E-state index < -0.39 is 23.5 Å². The van der Waals surface area contributed by atoms with Gasteiger partial charge in [-0.05, 0) is 6.42 Å². The number of carboxylic acid groups (broad SMARTS) is 1. The Labute approximate surface area is 103 Å². The SMILES string of the molecule is CCCC1(C(=O)O)CC(CSC(=N)N)OC1=O. The first kappa shape index (κ1) is 13.8. The van der Waals surface area contributed by atoms with Gasteiger partial charge in [-0.15, -0.1) is 0 Å². The van der Waals surface area contributed by atoms with Crippen LogP contribution in [0.15, 0.2) is 0 Å². The lowest BCUT2D eigenvalue weighted by Crippen LogP contribution is -2.35. The smallest absolute Gasteiger partial charge is 0.323 e. The van der Waals surface area contributed by atoms with E-state index in [1.54, 1.807) is 0 Å². The number of carbonyl (C=O) groups is 2. The predicted molar refractivity (Wildman–Crippen MR) is 63.8 cm³/mol. The summed E-state index contributed by atoms with van der Waals surface area (Å²) in [5, 5.41) is 16.2. The van der Waals surface area contributed by atoms with Crippen molar-refractivity contribution < 1.29 is 19.4 Å². The second kappa shape index (κ2) is 5.39. The fourth-order valence-electron chi connectivity index (χ4n) is 1.97. The molecule has 1 saturated heterocycles. The molecule has 1 fully saturated rings. The molecule has 0 radical (unpaired) electrons. The second-order valence-electron chi connectivity index (χ2n) is 4.04. The number of carbonyl (C=O) groups excluding carboxylic acids is 1. The molecule has 0 aromatic rings. The van der Waals surface area contributed by atoms with Crippen molar-refractivity contribution in [2.24, 2.45) is 11.1 Å². The highest BCUT2D eigenvalue weighted by molar-refractivity contribution is 8.13. The number of hydrogen-bond acceptors (Lipinski definition) is 5. The maximum Gasteiger partial charge on any atom is 0.323 e. The van der Waals surface area contributed by atoms with Crippen LogP contribution >= 0.6 is 11.8 Å². The number of nitrogens with two attached hydrogens (primary N) is 1. The Bertz CT molecular complexity index is 347. The van der Waals surface area contributed by atoms with Gasteiger partial charge in [0.25, 0.3) is 0 Å². The Morgan fingerprint density at radius 2 is 2.41 bits per heavy atom. The van der Waals surface area contributed by atoms with Crippen LogP contribution in [0.4, 0.5) is 0 Å². The summed E-state index contributed by atoms with van der Waals surface area (Å²) >= 11 is 1.05. The summed E-state index contributed by atoms with van der Waals surface area (Å²) in [4.78, 5) is 22.9. The lowest BCUT2D eigenvalue weighted by molar-refractivity contribution is -0.161. The van der Waals surface area contributed by atoms with Crippen LogP contribution in [-0.4, -0.2) is 34.1 Å². The summed E-state index contributed by atoms with van der Waals surface area (Å²) in [6, 6.07) is 0. The third-order valence-corrected chi connectivity index (χ3v) is 3.60. The number of aliphatic carboxylic acids is 1. The van der Waals surface area contributed by atoms with E-state index in [4.69, 9.17) is 15.9 Å². The fraction of sp³-hybridized carbons (Fsp3) is 0.700. The van der Waals surface area contributed by atoms with Gasteiger partial charge in [0.1, 0.15) is 6.10 Å². The number of carboxylic acids is 1. The molecule has 0 amide bonds. The van der Waals surface area contributed by atoms with Crippen molar-refractivity contribution in [3.8, 4) is 0 Å². The Morgan fingerprint density at radius 1 is 1.76 bits per heavy atom. The molecule has 1 rings (SSSR count). The number of rotatable bonds is 5. The Morgan fingerprint density at radius 3 is 2.88 bits per heavy atom. The normalized spacial score (nSPS) is 27.8. The molecule has 4 N–H and O–H groups in total. The third kappa shape index (κ3) is 2.91. The second-order valence-corrected chi connectivity index (χ2v) is 5.11. The van der Waals surface area contributed by atoms with Crippen molar-refractivity contribution in [2.75, 3.05) is 5.75 Å². The highest BCUT2D eigenvalue weighted by Crippen LogP contribution is 2.39. The molecule has 17 heavy (non-hydrogen) atoms. The molecule has 0 aromatic carbocycles. The molecule has 0 bridgehead atoms. The number of nitrogens with one attached hydrogen (secondary N) is 1. The minimum atomic E-state index is -1.41. The fourth-order valence-corrected chi connectivity index (χ4v) is 2.52. The number of hydrogen-bond donors (Lipinski definition) is 3. The van der Waals surface area contributed by atoms with E-state index >= 15 is 0 Å². The molecule has 2 atom stereocenters. The van der Waals surface area contributed by atoms with Crippen LogP contribution in [-0.2, 0) is 14.3 Å². The quantitative estimate of drug-likeness (QED) is 0.291. The van der Waals surface area contributed by atoms with Crippen molar-refractivity contribution in [1.29, 1.82) is 5.41 Å². The maximum atomic E-state index is 11.7. The van der Waals surface area contributed by atoms with Gasteiger partial charge in [-0.25, -0.2) is 0 Å². The molecule has 0 aromatic heterocycles. The topological polar surface area (TPSA) is 113 Å².